The van der Waals surface area contributed by atoms with Crippen molar-refractivity contribution in [3.8, 4) is 0 Å². The van der Waals surface area contributed by atoms with Gasteiger partial charge in [0.2, 0.25) is 0 Å². The lowest BCUT2D eigenvalue weighted by molar-refractivity contribution is -0.137. The Kier molecular flexibility index (Phi) is 6.17. The number of nitrogens with one attached hydrogen (secondary N) is 1. The van der Waals surface area contributed by atoms with Gasteiger partial charge in [-0.25, -0.2) is 9.18 Å². The van der Waals surface area contributed by atoms with E-state index in [1.807, 2.05) is 0 Å². The molecule has 22 heavy (non-hydrogen) atoms. The fraction of sp³-hybridized carbons (Fsp3) is 0.467. The molecule has 0 bridgehead atoms. The highest BCUT2D eigenvalue weighted by molar-refractivity contribution is 6.30. The van der Waals surface area contributed by atoms with Gasteiger partial charge in [0.1, 0.15) is 11.4 Å². The van der Waals surface area contributed by atoms with E-state index in [-0.39, 0.29) is 17.9 Å². The van der Waals surface area contributed by atoms with Gasteiger partial charge >= 0.3 is 12.1 Å². The Morgan fingerprint density at radius 2 is 2.05 bits per heavy atom. The number of amides is 1. The second-order valence-electron chi connectivity index (χ2n) is 5.89. The molecule has 1 atom stereocenters. The fourth-order valence-electron chi connectivity index (χ4n) is 1.81. The summed E-state index contributed by atoms with van der Waals surface area (Å²) in [5.41, 5.74) is -0.0643. The smallest absolute Gasteiger partial charge is 0.407 e. The summed E-state index contributed by atoms with van der Waals surface area (Å²) in [5.74, 6) is -1.62. The molecule has 2 N–H and O–H groups in total. The van der Waals surface area contributed by atoms with Crippen LogP contribution < -0.4 is 5.32 Å². The first kappa shape index (κ1) is 18.2. The van der Waals surface area contributed by atoms with Crippen LogP contribution in [-0.2, 0) is 16.0 Å². The molecule has 0 aliphatic rings. The van der Waals surface area contributed by atoms with E-state index in [4.69, 9.17) is 21.4 Å². The van der Waals surface area contributed by atoms with Gasteiger partial charge in [0.15, 0.2) is 0 Å². The number of benzene rings is 1. The molecular formula is C15H19ClFNO4. The van der Waals surface area contributed by atoms with Crippen LogP contribution in [0, 0.1) is 5.82 Å². The summed E-state index contributed by atoms with van der Waals surface area (Å²) in [6.07, 6.45) is -0.785. The Bertz CT molecular complexity index is 557. The topological polar surface area (TPSA) is 75.6 Å². The van der Waals surface area contributed by atoms with Crippen molar-refractivity contribution in [1.29, 1.82) is 0 Å². The van der Waals surface area contributed by atoms with Crippen molar-refractivity contribution in [2.75, 3.05) is 0 Å². The number of alkyl carbamates (subject to hydrolysis) is 1. The molecule has 7 heteroatoms. The number of halogens is 2. The average molecular weight is 332 g/mol. The van der Waals surface area contributed by atoms with E-state index in [1.54, 1.807) is 20.8 Å². The molecule has 0 aliphatic carbocycles. The Hall–Kier alpha value is -1.82. The number of rotatable bonds is 5. The molecule has 1 amide bonds. The van der Waals surface area contributed by atoms with Crippen LogP contribution in [-0.4, -0.2) is 28.8 Å². The van der Waals surface area contributed by atoms with Crippen molar-refractivity contribution in [1.82, 2.24) is 5.32 Å². The molecule has 0 aromatic heterocycles. The number of carbonyl (C=O) groups is 2. The Labute approximate surface area is 133 Å². The lowest BCUT2D eigenvalue weighted by atomic mass is 10.0. The van der Waals surface area contributed by atoms with E-state index in [1.165, 1.54) is 18.2 Å². The lowest BCUT2D eigenvalue weighted by Crippen LogP contribution is -2.41. The van der Waals surface area contributed by atoms with E-state index < -0.39 is 29.5 Å². The van der Waals surface area contributed by atoms with Crippen molar-refractivity contribution in [2.45, 2.75) is 45.3 Å². The summed E-state index contributed by atoms with van der Waals surface area (Å²) < 4.78 is 18.2. The first-order valence-electron chi connectivity index (χ1n) is 6.72. The molecule has 122 valence electrons. The molecule has 1 aromatic carbocycles. The van der Waals surface area contributed by atoms with Crippen LogP contribution in [0.1, 0.15) is 32.8 Å². The molecular weight excluding hydrogens is 313 g/mol. The van der Waals surface area contributed by atoms with E-state index in [0.717, 1.165) is 0 Å². The largest absolute Gasteiger partial charge is 0.481 e. The normalized spacial score (nSPS) is 12.6. The third kappa shape index (κ3) is 6.76. The molecule has 1 rings (SSSR count). The van der Waals surface area contributed by atoms with Crippen molar-refractivity contribution in [2.24, 2.45) is 0 Å². The number of carboxylic acids is 1. The molecule has 0 heterocycles. The highest BCUT2D eigenvalue weighted by Crippen LogP contribution is 2.18. The zero-order chi connectivity index (χ0) is 16.9. The molecule has 0 radical (unpaired) electrons. The van der Waals surface area contributed by atoms with E-state index in [0.29, 0.717) is 5.56 Å². The van der Waals surface area contributed by atoms with Crippen LogP contribution in [0.4, 0.5) is 9.18 Å². The zero-order valence-corrected chi connectivity index (χ0v) is 13.4. The third-order valence-electron chi connectivity index (χ3n) is 2.61. The number of ether oxygens (including phenoxy) is 1. The second kappa shape index (κ2) is 7.45. The van der Waals surface area contributed by atoms with Crippen LogP contribution in [0.3, 0.4) is 0 Å². The maximum absolute atomic E-state index is 13.1. The van der Waals surface area contributed by atoms with Crippen molar-refractivity contribution >= 4 is 23.7 Å². The minimum absolute atomic E-state index is 0.0520. The first-order valence-corrected chi connectivity index (χ1v) is 7.10. The highest BCUT2D eigenvalue weighted by Gasteiger charge is 2.21. The minimum Gasteiger partial charge on any atom is -0.481 e. The quantitative estimate of drug-likeness (QED) is 0.867. The Balaban J connectivity index is 2.77. The minimum atomic E-state index is -1.06. The predicted molar refractivity (Wildman–Crippen MR) is 80.5 cm³/mol. The second-order valence-corrected chi connectivity index (χ2v) is 6.30. The van der Waals surface area contributed by atoms with Gasteiger partial charge in [0, 0.05) is 6.04 Å². The Morgan fingerprint density at radius 1 is 1.41 bits per heavy atom. The van der Waals surface area contributed by atoms with Crippen molar-refractivity contribution in [3.63, 3.8) is 0 Å². The van der Waals surface area contributed by atoms with Crippen LogP contribution in [0.2, 0.25) is 5.02 Å². The van der Waals surface area contributed by atoms with Crippen molar-refractivity contribution in [3.05, 3.63) is 34.6 Å². The fourth-order valence-corrected chi connectivity index (χ4v) is 2.01. The molecule has 5 nitrogen and oxygen atoms in total. The maximum atomic E-state index is 13.1. The van der Waals surface area contributed by atoms with Crippen LogP contribution in [0.5, 0.6) is 0 Å². The van der Waals surface area contributed by atoms with Gasteiger partial charge in [0.05, 0.1) is 11.4 Å². The summed E-state index contributed by atoms with van der Waals surface area (Å²) in [6, 6.07) is 3.41. The van der Waals surface area contributed by atoms with Crippen molar-refractivity contribution < 1.29 is 23.8 Å². The highest BCUT2D eigenvalue weighted by atomic mass is 35.5. The zero-order valence-electron chi connectivity index (χ0n) is 12.7. The van der Waals surface area contributed by atoms with Crippen LogP contribution >= 0.6 is 11.6 Å². The van der Waals surface area contributed by atoms with Gasteiger partial charge in [-0.05, 0) is 44.9 Å². The third-order valence-corrected chi connectivity index (χ3v) is 2.90. The van der Waals surface area contributed by atoms with E-state index in [9.17, 15) is 14.0 Å². The molecule has 0 saturated heterocycles. The SMILES string of the molecule is CC(C)(C)OC(=O)NC(CC(=O)O)Cc1ccc(F)c(Cl)c1. The number of aliphatic carboxylic acids is 1. The monoisotopic (exact) mass is 331 g/mol. The summed E-state index contributed by atoms with van der Waals surface area (Å²) >= 11 is 5.69. The van der Waals surface area contributed by atoms with Gasteiger partial charge in [0.25, 0.3) is 0 Å². The molecule has 0 spiro atoms. The number of carboxylic acid groups (broad SMARTS) is 1. The molecule has 1 aromatic rings. The van der Waals surface area contributed by atoms with Crippen LogP contribution in [0.15, 0.2) is 18.2 Å². The lowest BCUT2D eigenvalue weighted by Gasteiger charge is -2.23. The van der Waals surface area contributed by atoms with Gasteiger partial charge < -0.3 is 15.2 Å². The van der Waals surface area contributed by atoms with E-state index >= 15 is 0 Å². The summed E-state index contributed by atoms with van der Waals surface area (Å²) in [5, 5.41) is 11.4. The maximum Gasteiger partial charge on any atom is 0.407 e. The molecule has 0 fully saturated rings. The first-order chi connectivity index (χ1) is 10.1. The van der Waals surface area contributed by atoms with E-state index in [2.05, 4.69) is 5.32 Å². The number of hydrogen-bond donors (Lipinski definition) is 2. The van der Waals surface area contributed by atoms with Gasteiger partial charge in [-0.15, -0.1) is 0 Å². The van der Waals surface area contributed by atoms with Gasteiger partial charge in [-0.2, -0.15) is 0 Å². The predicted octanol–water partition coefficient (Wildman–Crippen LogP) is 3.39. The summed E-state index contributed by atoms with van der Waals surface area (Å²) in [7, 11) is 0. The molecule has 1 unspecified atom stereocenters. The number of hydrogen-bond acceptors (Lipinski definition) is 3. The van der Waals surface area contributed by atoms with Gasteiger partial charge in [-0.3, -0.25) is 4.79 Å². The standard InChI is InChI=1S/C15H19ClFNO4/c1-15(2,3)22-14(21)18-10(8-13(19)20)6-9-4-5-12(17)11(16)7-9/h4-5,7,10H,6,8H2,1-3H3,(H,18,21)(H,19,20). The summed E-state index contributed by atoms with van der Waals surface area (Å²) in [6.45, 7) is 5.12. The molecule has 0 saturated carbocycles. The summed E-state index contributed by atoms with van der Waals surface area (Å²) in [4.78, 5) is 22.7. The van der Waals surface area contributed by atoms with Gasteiger partial charge in [-0.1, -0.05) is 17.7 Å². The average Bonchev–Trinajstić information content (AvgIpc) is 2.30. The van der Waals surface area contributed by atoms with Crippen LogP contribution in [0.25, 0.3) is 0 Å². The Morgan fingerprint density at radius 3 is 2.55 bits per heavy atom. The molecule has 0 aliphatic heterocycles. The number of carbonyl (C=O) groups excluding carboxylic acids is 1.